The summed E-state index contributed by atoms with van der Waals surface area (Å²) in [5.41, 5.74) is -0.502. The molecule has 0 aliphatic rings. The summed E-state index contributed by atoms with van der Waals surface area (Å²) in [6.45, 7) is -1.04. The number of rotatable bonds is 7. The van der Waals surface area contributed by atoms with Gasteiger partial charge in [-0.1, -0.05) is 11.3 Å². The Kier molecular flexibility index (Phi) is 4.97. The highest BCUT2D eigenvalue weighted by molar-refractivity contribution is 7.13. The first-order valence-electron chi connectivity index (χ1n) is 4.86. The van der Waals surface area contributed by atoms with E-state index in [2.05, 4.69) is 5.32 Å². The molecule has 0 aliphatic heterocycles. The van der Waals surface area contributed by atoms with E-state index in [4.69, 9.17) is 15.3 Å². The van der Waals surface area contributed by atoms with Gasteiger partial charge in [-0.15, -0.1) is 0 Å². The van der Waals surface area contributed by atoms with Gasteiger partial charge in [-0.25, -0.2) is 0 Å². The predicted molar refractivity (Wildman–Crippen MR) is 61.8 cm³/mol. The van der Waals surface area contributed by atoms with Crippen molar-refractivity contribution < 1.29 is 20.2 Å². The Bertz CT molecular complexity index is 369. The second kappa shape index (κ2) is 6.03. The fourth-order valence-corrected chi connectivity index (χ4v) is 1.89. The average Bonchev–Trinajstić information content (AvgIpc) is 2.81. The monoisotopic (exact) mass is 262 g/mol. The molecule has 0 saturated carbocycles. The lowest BCUT2D eigenvalue weighted by atomic mass is 10.0. The summed E-state index contributed by atoms with van der Waals surface area (Å²) in [4.78, 5) is 9.98. The van der Waals surface area contributed by atoms with Crippen molar-refractivity contribution in [2.45, 2.75) is 12.1 Å². The van der Waals surface area contributed by atoms with Crippen LogP contribution in [0.15, 0.2) is 11.4 Å². The van der Waals surface area contributed by atoms with Crippen molar-refractivity contribution in [3.8, 4) is 0 Å². The molecule has 1 aromatic heterocycles. The maximum Gasteiger partial charge on any atom is 0.324 e. The van der Waals surface area contributed by atoms with E-state index in [1.54, 1.807) is 5.38 Å². The molecule has 0 bridgehead atoms. The van der Waals surface area contributed by atoms with Gasteiger partial charge in [0.25, 0.3) is 0 Å². The van der Waals surface area contributed by atoms with Crippen molar-refractivity contribution in [2.24, 2.45) is 0 Å². The standard InChI is InChI=1S/C9H14N2O5S/c12-4-9(5-13,6-14)10-2-7-1-8(11(15)16)17-3-7/h1,3,10,12-14H,2,4-6H2. The second-order valence-corrected chi connectivity index (χ2v) is 4.55. The Balaban J connectivity index is 2.62. The molecular weight excluding hydrogens is 248 g/mol. The van der Waals surface area contributed by atoms with E-state index in [1.165, 1.54) is 6.07 Å². The molecule has 8 heteroatoms. The zero-order chi connectivity index (χ0) is 12.9. The zero-order valence-electron chi connectivity index (χ0n) is 9.00. The van der Waals surface area contributed by atoms with Crippen LogP contribution in [0.5, 0.6) is 0 Å². The number of aliphatic hydroxyl groups is 3. The Hall–Kier alpha value is -1.06. The minimum absolute atomic E-state index is 0.0318. The summed E-state index contributed by atoms with van der Waals surface area (Å²) in [6, 6.07) is 1.41. The van der Waals surface area contributed by atoms with E-state index in [0.717, 1.165) is 11.3 Å². The van der Waals surface area contributed by atoms with Crippen LogP contribution in [-0.4, -0.2) is 45.6 Å². The van der Waals surface area contributed by atoms with Gasteiger partial charge in [-0.3, -0.25) is 10.1 Å². The molecule has 0 aromatic carbocycles. The SMILES string of the molecule is O=[N+]([O-])c1cc(CNC(CO)(CO)CO)cs1. The van der Waals surface area contributed by atoms with Crippen LogP contribution in [0.3, 0.4) is 0 Å². The van der Waals surface area contributed by atoms with Crippen molar-refractivity contribution >= 4 is 16.3 Å². The van der Waals surface area contributed by atoms with Crippen molar-refractivity contribution in [3.63, 3.8) is 0 Å². The number of thiophene rings is 1. The largest absolute Gasteiger partial charge is 0.394 e. The number of hydrogen-bond donors (Lipinski definition) is 4. The van der Waals surface area contributed by atoms with Gasteiger partial charge in [0.05, 0.1) is 30.3 Å². The van der Waals surface area contributed by atoms with Crippen LogP contribution in [-0.2, 0) is 6.54 Å². The molecule has 0 aliphatic carbocycles. The van der Waals surface area contributed by atoms with Gasteiger partial charge in [-0.2, -0.15) is 0 Å². The summed E-state index contributed by atoms with van der Waals surface area (Å²) in [7, 11) is 0. The summed E-state index contributed by atoms with van der Waals surface area (Å²) in [6.07, 6.45) is 0. The van der Waals surface area contributed by atoms with Gasteiger partial charge in [0.2, 0.25) is 0 Å². The lowest BCUT2D eigenvalue weighted by Crippen LogP contribution is -2.54. The number of aliphatic hydroxyl groups excluding tert-OH is 3. The van der Waals surface area contributed by atoms with Crippen molar-refractivity contribution in [2.75, 3.05) is 19.8 Å². The quantitative estimate of drug-likeness (QED) is 0.387. The molecular formula is C9H14N2O5S. The van der Waals surface area contributed by atoms with Crippen LogP contribution in [0.2, 0.25) is 0 Å². The number of nitrogens with zero attached hydrogens (tertiary/aromatic N) is 1. The molecule has 4 N–H and O–H groups in total. The predicted octanol–water partition coefficient (Wildman–Crippen LogP) is -0.538. The first kappa shape index (κ1) is 14.0. The van der Waals surface area contributed by atoms with Crippen molar-refractivity contribution in [3.05, 3.63) is 27.1 Å². The minimum atomic E-state index is -1.17. The van der Waals surface area contributed by atoms with Crippen LogP contribution in [0, 0.1) is 10.1 Å². The molecule has 17 heavy (non-hydrogen) atoms. The van der Waals surface area contributed by atoms with Crippen LogP contribution >= 0.6 is 11.3 Å². The molecule has 0 saturated heterocycles. The molecule has 7 nitrogen and oxygen atoms in total. The molecule has 0 spiro atoms. The molecule has 0 atom stereocenters. The second-order valence-electron chi connectivity index (χ2n) is 3.66. The Morgan fingerprint density at radius 2 is 1.94 bits per heavy atom. The van der Waals surface area contributed by atoms with Crippen LogP contribution in [0.1, 0.15) is 5.56 Å². The van der Waals surface area contributed by atoms with Crippen LogP contribution in [0.25, 0.3) is 0 Å². The van der Waals surface area contributed by atoms with Gasteiger partial charge >= 0.3 is 5.00 Å². The average molecular weight is 262 g/mol. The van der Waals surface area contributed by atoms with Crippen molar-refractivity contribution in [1.82, 2.24) is 5.32 Å². The lowest BCUT2D eigenvalue weighted by Gasteiger charge is -2.28. The van der Waals surface area contributed by atoms with Gasteiger partial charge in [0, 0.05) is 18.0 Å². The van der Waals surface area contributed by atoms with E-state index >= 15 is 0 Å². The highest BCUT2D eigenvalue weighted by Crippen LogP contribution is 2.22. The molecule has 1 rings (SSSR count). The Morgan fingerprint density at radius 1 is 1.35 bits per heavy atom. The van der Waals surface area contributed by atoms with Crippen LogP contribution < -0.4 is 5.32 Å². The molecule has 1 heterocycles. The minimum Gasteiger partial charge on any atom is -0.394 e. The number of hydrogen-bond acceptors (Lipinski definition) is 7. The van der Waals surface area contributed by atoms with Gasteiger partial charge in [0.1, 0.15) is 0 Å². The third kappa shape index (κ3) is 3.45. The molecule has 0 radical (unpaired) electrons. The Labute approximate surface area is 101 Å². The first-order valence-corrected chi connectivity index (χ1v) is 5.74. The normalized spacial score (nSPS) is 11.7. The molecule has 1 aromatic rings. The lowest BCUT2D eigenvalue weighted by molar-refractivity contribution is -0.380. The highest BCUT2D eigenvalue weighted by atomic mass is 32.1. The van der Waals surface area contributed by atoms with Gasteiger partial charge in [-0.05, 0) is 5.56 Å². The van der Waals surface area contributed by atoms with E-state index in [0.29, 0.717) is 5.56 Å². The molecule has 0 unspecified atom stereocenters. The van der Waals surface area contributed by atoms with Crippen LogP contribution in [0.4, 0.5) is 5.00 Å². The molecule has 96 valence electrons. The first-order chi connectivity index (χ1) is 8.06. The Morgan fingerprint density at radius 3 is 2.35 bits per heavy atom. The number of nitrogens with one attached hydrogen (secondary N) is 1. The summed E-state index contributed by atoms with van der Waals surface area (Å²) in [5, 5.41) is 42.1. The topological polar surface area (TPSA) is 116 Å². The summed E-state index contributed by atoms with van der Waals surface area (Å²) < 4.78 is 0. The number of nitro groups is 1. The third-order valence-corrected chi connectivity index (χ3v) is 3.32. The third-order valence-electron chi connectivity index (χ3n) is 2.40. The van der Waals surface area contributed by atoms with Gasteiger partial charge in [0.15, 0.2) is 0 Å². The highest BCUT2D eigenvalue weighted by Gasteiger charge is 2.27. The maximum absolute atomic E-state index is 10.5. The summed E-state index contributed by atoms with van der Waals surface area (Å²) >= 11 is 1.00. The summed E-state index contributed by atoms with van der Waals surface area (Å²) in [5.74, 6) is 0. The van der Waals surface area contributed by atoms with Crippen molar-refractivity contribution in [1.29, 1.82) is 0 Å². The molecule has 0 amide bonds. The van der Waals surface area contributed by atoms with E-state index in [-0.39, 0.29) is 11.5 Å². The fourth-order valence-electron chi connectivity index (χ4n) is 1.16. The smallest absolute Gasteiger partial charge is 0.324 e. The maximum atomic E-state index is 10.5. The van der Waals surface area contributed by atoms with E-state index in [1.807, 2.05) is 0 Å². The van der Waals surface area contributed by atoms with E-state index < -0.39 is 30.3 Å². The van der Waals surface area contributed by atoms with Gasteiger partial charge < -0.3 is 20.6 Å². The molecule has 0 fully saturated rings. The fraction of sp³-hybridized carbons (Fsp3) is 0.556. The zero-order valence-corrected chi connectivity index (χ0v) is 9.81. The van der Waals surface area contributed by atoms with E-state index in [9.17, 15) is 10.1 Å².